The van der Waals surface area contributed by atoms with E-state index in [0.29, 0.717) is 6.42 Å². The number of sulfonamides is 1. The third-order valence-electron chi connectivity index (χ3n) is 3.77. The summed E-state index contributed by atoms with van der Waals surface area (Å²) in [6, 6.07) is 12.2. The zero-order valence-corrected chi connectivity index (χ0v) is 17.3. The molecule has 152 valence electrons. The number of hydrogen-bond acceptors (Lipinski definition) is 4. The minimum atomic E-state index is -3.77. The van der Waals surface area contributed by atoms with E-state index >= 15 is 0 Å². The Kier molecular flexibility index (Phi) is 7.90. The number of amides is 1. The second-order valence-electron chi connectivity index (χ2n) is 5.84. The van der Waals surface area contributed by atoms with Gasteiger partial charge in [-0.2, -0.15) is 13.1 Å². The highest BCUT2D eigenvalue weighted by atomic mass is 79.9. The molecule has 2 aromatic carbocycles. The molecule has 0 spiro atoms. The summed E-state index contributed by atoms with van der Waals surface area (Å²) in [5, 5.41) is 2.64. The molecule has 0 radical (unpaired) electrons. The maximum absolute atomic E-state index is 12.4. The van der Waals surface area contributed by atoms with Crippen molar-refractivity contribution in [2.75, 3.05) is 20.1 Å². The SMILES string of the molecule is CN(CC(=O)NCCc1ccc(OC(F)F)cc1)S(=O)(=O)c1ccc(Br)cc1. The average molecular weight is 477 g/mol. The molecule has 0 bridgehead atoms. The van der Waals surface area contributed by atoms with E-state index < -0.39 is 22.5 Å². The fourth-order valence-electron chi connectivity index (χ4n) is 2.31. The summed E-state index contributed by atoms with van der Waals surface area (Å²) in [4.78, 5) is 12.1. The number of likely N-dealkylation sites (N-methyl/N-ethyl adjacent to an activating group) is 1. The Labute approximate surface area is 170 Å². The van der Waals surface area contributed by atoms with E-state index in [4.69, 9.17) is 0 Å². The average Bonchev–Trinajstić information content (AvgIpc) is 2.63. The fraction of sp³-hybridized carbons (Fsp3) is 0.278. The number of benzene rings is 2. The Hall–Kier alpha value is -2.04. The van der Waals surface area contributed by atoms with Crippen molar-refractivity contribution in [1.29, 1.82) is 0 Å². The van der Waals surface area contributed by atoms with E-state index in [1.54, 1.807) is 24.3 Å². The normalized spacial score (nSPS) is 11.6. The van der Waals surface area contributed by atoms with Crippen LogP contribution >= 0.6 is 15.9 Å². The van der Waals surface area contributed by atoms with Crippen molar-refractivity contribution in [3.63, 3.8) is 0 Å². The van der Waals surface area contributed by atoms with Crippen LogP contribution in [-0.2, 0) is 21.2 Å². The van der Waals surface area contributed by atoms with Gasteiger partial charge in [0.15, 0.2) is 0 Å². The van der Waals surface area contributed by atoms with Crippen LogP contribution in [0.15, 0.2) is 57.9 Å². The second kappa shape index (κ2) is 9.94. The first-order chi connectivity index (χ1) is 13.2. The molecule has 2 rings (SSSR count). The quantitative estimate of drug-likeness (QED) is 0.603. The Morgan fingerprint density at radius 1 is 1.14 bits per heavy atom. The van der Waals surface area contributed by atoms with Crippen LogP contribution < -0.4 is 10.1 Å². The maximum Gasteiger partial charge on any atom is 0.387 e. The molecule has 0 atom stereocenters. The summed E-state index contributed by atoms with van der Waals surface area (Å²) in [7, 11) is -2.43. The molecule has 0 unspecified atom stereocenters. The molecule has 0 aliphatic rings. The molecule has 0 fully saturated rings. The zero-order valence-electron chi connectivity index (χ0n) is 14.9. The van der Waals surface area contributed by atoms with E-state index in [2.05, 4.69) is 26.0 Å². The van der Waals surface area contributed by atoms with Gasteiger partial charge in [0.1, 0.15) is 5.75 Å². The lowest BCUT2D eigenvalue weighted by Gasteiger charge is -2.17. The molecular weight excluding hydrogens is 458 g/mol. The van der Waals surface area contributed by atoms with Crippen molar-refractivity contribution in [2.24, 2.45) is 0 Å². The topological polar surface area (TPSA) is 75.7 Å². The molecule has 6 nitrogen and oxygen atoms in total. The van der Waals surface area contributed by atoms with Crippen LogP contribution in [0.1, 0.15) is 5.56 Å². The minimum absolute atomic E-state index is 0.0579. The molecule has 1 amide bonds. The van der Waals surface area contributed by atoms with Gasteiger partial charge in [-0.25, -0.2) is 8.42 Å². The Balaban J connectivity index is 1.82. The molecule has 10 heteroatoms. The first-order valence-corrected chi connectivity index (χ1v) is 10.4. The molecule has 1 N–H and O–H groups in total. The van der Waals surface area contributed by atoms with Gasteiger partial charge in [0.25, 0.3) is 0 Å². The highest BCUT2D eigenvalue weighted by molar-refractivity contribution is 9.10. The van der Waals surface area contributed by atoms with Gasteiger partial charge in [-0.3, -0.25) is 4.79 Å². The summed E-state index contributed by atoms with van der Waals surface area (Å²) in [6.07, 6.45) is 0.462. The minimum Gasteiger partial charge on any atom is -0.435 e. The molecule has 0 aliphatic carbocycles. The number of nitrogens with zero attached hydrogens (tertiary/aromatic N) is 1. The molecule has 2 aromatic rings. The van der Waals surface area contributed by atoms with Gasteiger partial charge in [0, 0.05) is 18.1 Å². The van der Waals surface area contributed by atoms with Crippen LogP contribution in [0.5, 0.6) is 5.75 Å². The zero-order chi connectivity index (χ0) is 20.7. The fourth-order valence-corrected chi connectivity index (χ4v) is 3.70. The predicted molar refractivity (Wildman–Crippen MR) is 104 cm³/mol. The van der Waals surface area contributed by atoms with Crippen LogP contribution in [0, 0.1) is 0 Å². The van der Waals surface area contributed by atoms with Crippen LogP contribution in [0.4, 0.5) is 8.78 Å². The number of alkyl halides is 2. The van der Waals surface area contributed by atoms with Crippen molar-refractivity contribution in [3.05, 3.63) is 58.6 Å². The van der Waals surface area contributed by atoms with E-state index in [-0.39, 0.29) is 23.7 Å². The lowest BCUT2D eigenvalue weighted by atomic mass is 10.1. The Morgan fingerprint density at radius 2 is 1.75 bits per heavy atom. The third kappa shape index (κ3) is 6.54. The van der Waals surface area contributed by atoms with Gasteiger partial charge in [-0.15, -0.1) is 0 Å². The number of ether oxygens (including phenoxy) is 1. The summed E-state index contributed by atoms with van der Waals surface area (Å²) >= 11 is 3.24. The Morgan fingerprint density at radius 3 is 2.32 bits per heavy atom. The summed E-state index contributed by atoms with van der Waals surface area (Å²) in [5.41, 5.74) is 0.817. The van der Waals surface area contributed by atoms with E-state index in [9.17, 15) is 22.0 Å². The molecular formula is C18H19BrF2N2O4S. The van der Waals surface area contributed by atoms with Crippen LogP contribution in [-0.4, -0.2) is 45.4 Å². The largest absolute Gasteiger partial charge is 0.435 e. The number of halogens is 3. The van der Waals surface area contributed by atoms with Gasteiger partial charge in [0.2, 0.25) is 15.9 Å². The van der Waals surface area contributed by atoms with Gasteiger partial charge < -0.3 is 10.1 Å². The molecule has 0 saturated carbocycles. The summed E-state index contributed by atoms with van der Waals surface area (Å²) in [5.74, 6) is -0.386. The van der Waals surface area contributed by atoms with Gasteiger partial charge in [-0.05, 0) is 48.4 Å². The van der Waals surface area contributed by atoms with Gasteiger partial charge in [0.05, 0.1) is 11.4 Å². The second-order valence-corrected chi connectivity index (χ2v) is 8.80. The van der Waals surface area contributed by atoms with E-state index in [1.807, 2.05) is 0 Å². The number of nitrogens with one attached hydrogen (secondary N) is 1. The number of hydrogen-bond donors (Lipinski definition) is 1. The number of rotatable bonds is 9. The summed E-state index contributed by atoms with van der Waals surface area (Å²) in [6.45, 7) is -2.92. The number of carbonyl (C=O) groups is 1. The van der Waals surface area contributed by atoms with Crippen molar-refractivity contribution in [3.8, 4) is 5.75 Å². The monoisotopic (exact) mass is 476 g/mol. The molecule has 0 saturated heterocycles. The van der Waals surface area contributed by atoms with E-state index in [0.717, 1.165) is 14.3 Å². The van der Waals surface area contributed by atoms with Crippen molar-refractivity contribution in [1.82, 2.24) is 9.62 Å². The first-order valence-electron chi connectivity index (χ1n) is 8.21. The van der Waals surface area contributed by atoms with Gasteiger partial charge >= 0.3 is 6.61 Å². The highest BCUT2D eigenvalue weighted by Crippen LogP contribution is 2.18. The van der Waals surface area contributed by atoms with Crippen molar-refractivity contribution >= 4 is 31.9 Å². The smallest absolute Gasteiger partial charge is 0.387 e. The molecule has 0 heterocycles. The van der Waals surface area contributed by atoms with E-state index in [1.165, 1.54) is 31.3 Å². The lowest BCUT2D eigenvalue weighted by Crippen LogP contribution is -2.39. The standard InChI is InChI=1S/C18H19BrF2N2O4S/c1-23(28(25,26)16-8-4-14(19)5-9-16)12-17(24)22-11-10-13-2-6-15(7-3-13)27-18(20)21/h2-9,18H,10-12H2,1H3,(H,22,24). The Bertz CT molecular complexity index is 891. The molecule has 0 aliphatic heterocycles. The molecule has 0 aromatic heterocycles. The maximum atomic E-state index is 12.4. The van der Waals surface area contributed by atoms with Crippen LogP contribution in [0.2, 0.25) is 0 Å². The van der Waals surface area contributed by atoms with Crippen LogP contribution in [0.25, 0.3) is 0 Å². The number of carbonyl (C=O) groups excluding carboxylic acids is 1. The highest BCUT2D eigenvalue weighted by Gasteiger charge is 2.22. The molecule has 28 heavy (non-hydrogen) atoms. The first kappa shape index (κ1) is 22.3. The van der Waals surface area contributed by atoms with Crippen molar-refractivity contribution < 1.29 is 26.7 Å². The van der Waals surface area contributed by atoms with Crippen molar-refractivity contribution in [2.45, 2.75) is 17.9 Å². The van der Waals surface area contributed by atoms with Crippen LogP contribution in [0.3, 0.4) is 0 Å². The predicted octanol–water partition coefficient (Wildman–Crippen LogP) is 3.03. The van der Waals surface area contributed by atoms with Gasteiger partial charge in [-0.1, -0.05) is 28.1 Å². The third-order valence-corrected chi connectivity index (χ3v) is 6.12. The lowest BCUT2D eigenvalue weighted by molar-refractivity contribution is -0.121. The summed E-state index contributed by atoms with van der Waals surface area (Å²) < 4.78 is 55.1.